The van der Waals surface area contributed by atoms with Crippen LogP contribution in [0.25, 0.3) is 0 Å². The molecule has 2 rings (SSSR count). The Kier molecular flexibility index (Phi) is 4.05. The zero-order valence-corrected chi connectivity index (χ0v) is 10.8. The third-order valence-corrected chi connectivity index (χ3v) is 2.86. The number of nitro benzene ring substituents is 1. The zero-order chi connectivity index (χ0) is 14.5. The highest BCUT2D eigenvalue weighted by atomic mass is 16.6. The minimum atomic E-state index is -0.528. The van der Waals surface area contributed by atoms with Crippen LogP contribution in [0.5, 0.6) is 5.75 Å². The molecule has 20 heavy (non-hydrogen) atoms. The third-order valence-electron chi connectivity index (χ3n) is 2.86. The molecule has 0 aliphatic heterocycles. The molecular weight excluding hydrogens is 258 g/mol. The fraction of sp³-hybridized carbons (Fsp3) is 0.143. The summed E-state index contributed by atoms with van der Waals surface area (Å²) in [5, 5.41) is 28.1. The van der Waals surface area contributed by atoms with Crippen molar-refractivity contribution in [3.63, 3.8) is 0 Å². The van der Waals surface area contributed by atoms with Crippen molar-refractivity contribution < 1.29 is 10.0 Å². The van der Waals surface area contributed by atoms with E-state index in [4.69, 9.17) is 0 Å². The smallest absolute Gasteiger partial charge is 0.270 e. The predicted molar refractivity (Wildman–Crippen MR) is 77.2 cm³/mol. The molecule has 1 aromatic carbocycles. The molecule has 0 amide bonds. The summed E-state index contributed by atoms with van der Waals surface area (Å²) in [5.74, 6) is 0.0544. The van der Waals surface area contributed by atoms with Gasteiger partial charge in [-0.1, -0.05) is 24.3 Å². The number of hydrogen-bond donors (Lipinski definition) is 1. The van der Waals surface area contributed by atoms with Crippen LogP contribution in [0.3, 0.4) is 0 Å². The molecule has 0 aromatic heterocycles. The number of allylic oxidation sites excluding steroid dienone is 4. The van der Waals surface area contributed by atoms with Crippen LogP contribution in [-0.4, -0.2) is 22.0 Å². The molecule has 0 radical (unpaired) electrons. The van der Waals surface area contributed by atoms with Crippen LogP contribution in [0, 0.1) is 16.0 Å². The molecule has 6 heteroatoms. The molecule has 0 spiro atoms. The fourth-order valence-corrected chi connectivity index (χ4v) is 1.72. The molecule has 1 aliphatic carbocycles. The second kappa shape index (κ2) is 5.92. The predicted octanol–water partition coefficient (Wildman–Crippen LogP) is 2.84. The lowest BCUT2D eigenvalue weighted by atomic mass is 10.1. The molecule has 0 unspecified atom stereocenters. The van der Waals surface area contributed by atoms with E-state index in [1.165, 1.54) is 24.4 Å². The number of rotatable bonds is 4. The zero-order valence-electron chi connectivity index (χ0n) is 10.8. The Morgan fingerprint density at radius 3 is 2.75 bits per heavy atom. The number of benzene rings is 1. The molecule has 0 saturated heterocycles. The Morgan fingerprint density at radius 2 is 2.10 bits per heavy atom. The Morgan fingerprint density at radius 1 is 1.40 bits per heavy atom. The first-order valence-electron chi connectivity index (χ1n) is 5.98. The van der Waals surface area contributed by atoms with E-state index in [0.29, 0.717) is 0 Å². The maximum absolute atomic E-state index is 10.7. The summed E-state index contributed by atoms with van der Waals surface area (Å²) in [7, 11) is 0. The lowest BCUT2D eigenvalue weighted by Gasteiger charge is -2.01. The summed E-state index contributed by atoms with van der Waals surface area (Å²) >= 11 is 0. The lowest BCUT2D eigenvalue weighted by molar-refractivity contribution is -0.384. The molecule has 0 saturated carbocycles. The topological polar surface area (TPSA) is 88.1 Å². The average Bonchev–Trinajstić information content (AvgIpc) is 2.94. The van der Waals surface area contributed by atoms with Gasteiger partial charge in [-0.15, -0.1) is 0 Å². The summed E-state index contributed by atoms with van der Waals surface area (Å²) in [5.41, 5.74) is 0.955. The first-order valence-corrected chi connectivity index (χ1v) is 5.98. The van der Waals surface area contributed by atoms with Crippen molar-refractivity contribution >= 4 is 17.6 Å². The van der Waals surface area contributed by atoms with Gasteiger partial charge in [-0.25, -0.2) is 0 Å². The van der Waals surface area contributed by atoms with Crippen molar-refractivity contribution in [2.75, 3.05) is 0 Å². The van der Waals surface area contributed by atoms with E-state index in [1.54, 1.807) is 0 Å². The highest BCUT2D eigenvalue weighted by molar-refractivity contribution is 5.89. The number of non-ortho nitro benzene ring substituents is 1. The number of aromatic hydroxyl groups is 1. The number of nitrogens with zero attached hydrogens (tertiary/aromatic N) is 3. The van der Waals surface area contributed by atoms with Crippen molar-refractivity contribution in [2.24, 2.45) is 16.1 Å². The fourth-order valence-electron chi connectivity index (χ4n) is 1.72. The van der Waals surface area contributed by atoms with Gasteiger partial charge in [0.2, 0.25) is 0 Å². The summed E-state index contributed by atoms with van der Waals surface area (Å²) in [6.45, 7) is 1.84. The van der Waals surface area contributed by atoms with E-state index >= 15 is 0 Å². The van der Waals surface area contributed by atoms with Gasteiger partial charge in [0.05, 0.1) is 11.1 Å². The largest absolute Gasteiger partial charge is 0.507 e. The molecule has 0 fully saturated rings. The van der Waals surface area contributed by atoms with E-state index in [1.807, 2.05) is 31.2 Å². The second-order valence-electron chi connectivity index (χ2n) is 4.28. The molecule has 1 N–H and O–H groups in total. The van der Waals surface area contributed by atoms with Crippen molar-refractivity contribution in [1.29, 1.82) is 0 Å². The van der Waals surface area contributed by atoms with Gasteiger partial charge in [0, 0.05) is 29.3 Å². The molecule has 0 atom stereocenters. The Labute approximate surface area is 115 Å². The van der Waals surface area contributed by atoms with Gasteiger partial charge in [-0.3, -0.25) is 10.1 Å². The molecule has 0 heterocycles. The van der Waals surface area contributed by atoms with Crippen molar-refractivity contribution in [3.05, 3.63) is 58.2 Å². The lowest BCUT2D eigenvalue weighted by Crippen LogP contribution is -2.02. The van der Waals surface area contributed by atoms with Crippen LogP contribution >= 0.6 is 0 Å². The van der Waals surface area contributed by atoms with E-state index < -0.39 is 4.92 Å². The number of phenols is 1. The molecule has 1 aliphatic rings. The first kappa shape index (κ1) is 13.7. The monoisotopic (exact) mass is 271 g/mol. The average molecular weight is 271 g/mol. The van der Waals surface area contributed by atoms with Gasteiger partial charge in [-0.2, -0.15) is 10.2 Å². The van der Waals surface area contributed by atoms with Gasteiger partial charge < -0.3 is 5.11 Å². The number of phenolic OH excluding ortho intramolecular Hbond substituents is 1. The van der Waals surface area contributed by atoms with Crippen LogP contribution in [0.4, 0.5) is 5.69 Å². The van der Waals surface area contributed by atoms with Crippen LogP contribution < -0.4 is 0 Å². The van der Waals surface area contributed by atoms with Crippen LogP contribution in [0.2, 0.25) is 0 Å². The normalized spacial score (nSPS) is 15.3. The minimum absolute atomic E-state index is 0.0761. The van der Waals surface area contributed by atoms with Gasteiger partial charge in [0.25, 0.3) is 5.69 Å². The van der Waals surface area contributed by atoms with E-state index in [9.17, 15) is 15.2 Å². The maximum Gasteiger partial charge on any atom is 0.270 e. The second-order valence-corrected chi connectivity index (χ2v) is 4.28. The number of hydrogen-bond acceptors (Lipinski definition) is 5. The van der Waals surface area contributed by atoms with Crippen LogP contribution in [0.15, 0.2) is 52.7 Å². The molecule has 1 aromatic rings. The highest BCUT2D eigenvalue weighted by Gasteiger charge is 2.09. The van der Waals surface area contributed by atoms with E-state index in [-0.39, 0.29) is 22.9 Å². The highest BCUT2D eigenvalue weighted by Crippen LogP contribution is 2.21. The standard InChI is InChI=1S/C14H13N3O3/c1-10(11-4-2-3-5-11)16-15-9-12-8-13(17(19)20)6-7-14(12)18/h2-9,11,18H,1H3/b15-9+,16-10-. The quantitative estimate of drug-likeness (QED) is 0.518. The molecule has 102 valence electrons. The number of nitro groups is 1. The summed E-state index contributed by atoms with van der Waals surface area (Å²) in [4.78, 5) is 10.1. The van der Waals surface area contributed by atoms with E-state index in [0.717, 1.165) is 5.71 Å². The Hall–Kier alpha value is -2.76. The summed E-state index contributed by atoms with van der Waals surface area (Å²) in [6, 6.07) is 3.74. The van der Waals surface area contributed by atoms with Crippen molar-refractivity contribution in [1.82, 2.24) is 0 Å². The third kappa shape index (κ3) is 3.17. The van der Waals surface area contributed by atoms with Crippen LogP contribution in [-0.2, 0) is 0 Å². The van der Waals surface area contributed by atoms with Gasteiger partial charge in [-0.05, 0) is 13.0 Å². The van der Waals surface area contributed by atoms with Gasteiger partial charge in [0.15, 0.2) is 0 Å². The summed E-state index contributed by atoms with van der Waals surface area (Å²) < 4.78 is 0. The SMILES string of the molecule is C/C(=N/N=C/c1cc([N+](=O)[O-])ccc1O)C1C=CC=C1. The minimum Gasteiger partial charge on any atom is -0.507 e. The first-order chi connectivity index (χ1) is 9.58. The molecular formula is C14H13N3O3. The summed E-state index contributed by atoms with van der Waals surface area (Å²) in [6.07, 6.45) is 9.13. The Bertz CT molecular complexity index is 633. The van der Waals surface area contributed by atoms with Crippen molar-refractivity contribution in [2.45, 2.75) is 6.92 Å². The van der Waals surface area contributed by atoms with Crippen LogP contribution in [0.1, 0.15) is 12.5 Å². The Balaban J connectivity index is 2.16. The van der Waals surface area contributed by atoms with Gasteiger partial charge >= 0.3 is 0 Å². The van der Waals surface area contributed by atoms with Crippen molar-refractivity contribution in [3.8, 4) is 5.75 Å². The molecule has 6 nitrogen and oxygen atoms in total. The van der Waals surface area contributed by atoms with Gasteiger partial charge in [0.1, 0.15) is 5.75 Å². The molecule has 0 bridgehead atoms. The van der Waals surface area contributed by atoms with E-state index in [2.05, 4.69) is 10.2 Å². The maximum atomic E-state index is 10.7.